The number of hydrogen-bond acceptors (Lipinski definition) is 6. The van der Waals surface area contributed by atoms with Crippen molar-refractivity contribution in [1.29, 1.82) is 0 Å². The van der Waals surface area contributed by atoms with Crippen LogP contribution in [0.4, 0.5) is 5.82 Å². The molecule has 3 aromatic heterocycles. The monoisotopic (exact) mass is 441 g/mol. The lowest BCUT2D eigenvalue weighted by atomic mass is 10.0. The van der Waals surface area contributed by atoms with Gasteiger partial charge in [0.2, 0.25) is 0 Å². The fourth-order valence-electron chi connectivity index (χ4n) is 3.91. The van der Waals surface area contributed by atoms with Gasteiger partial charge < -0.3 is 14.6 Å². The predicted molar refractivity (Wildman–Crippen MR) is 129 cm³/mol. The number of thiophene rings is 1. The first-order valence-corrected chi connectivity index (χ1v) is 11.2. The Bertz CT molecular complexity index is 1370. The van der Waals surface area contributed by atoms with E-state index >= 15 is 0 Å². The van der Waals surface area contributed by atoms with Crippen LogP contribution in [0, 0.1) is 6.92 Å². The topological polar surface area (TPSA) is 64.9 Å². The number of methoxy groups -OCH3 is 1. The van der Waals surface area contributed by atoms with Crippen LogP contribution in [0.5, 0.6) is 5.75 Å². The molecule has 0 aliphatic carbocycles. The summed E-state index contributed by atoms with van der Waals surface area (Å²) >= 11 is 1.62. The van der Waals surface area contributed by atoms with E-state index < -0.39 is 0 Å². The highest BCUT2D eigenvalue weighted by atomic mass is 32.1. The van der Waals surface area contributed by atoms with Crippen molar-refractivity contribution < 1.29 is 4.74 Å². The first-order valence-electron chi connectivity index (χ1n) is 10.3. The Hall–Kier alpha value is -3.71. The van der Waals surface area contributed by atoms with Crippen LogP contribution in [-0.4, -0.2) is 26.6 Å². The SMILES string of the molecule is COc1ccccc1C(Nc1ncnc2scc(-c3ccc(C)cc3)c12)c1nccn1C. The van der Waals surface area contributed by atoms with Gasteiger partial charge in [-0.25, -0.2) is 15.0 Å². The summed E-state index contributed by atoms with van der Waals surface area (Å²) in [4.78, 5) is 14.7. The highest BCUT2D eigenvalue weighted by Gasteiger charge is 2.24. The summed E-state index contributed by atoms with van der Waals surface area (Å²) in [6.07, 6.45) is 5.35. The van der Waals surface area contributed by atoms with Crippen molar-refractivity contribution in [3.8, 4) is 16.9 Å². The Morgan fingerprint density at radius 3 is 2.59 bits per heavy atom. The number of rotatable bonds is 6. The van der Waals surface area contributed by atoms with Gasteiger partial charge in [-0.05, 0) is 18.6 Å². The van der Waals surface area contributed by atoms with Gasteiger partial charge in [0.1, 0.15) is 34.6 Å². The van der Waals surface area contributed by atoms with Crippen molar-refractivity contribution >= 4 is 27.4 Å². The minimum atomic E-state index is -0.255. The molecule has 0 fully saturated rings. The lowest BCUT2D eigenvalue weighted by Crippen LogP contribution is -2.18. The smallest absolute Gasteiger partial charge is 0.139 e. The quantitative estimate of drug-likeness (QED) is 0.371. The number of benzene rings is 2. The number of fused-ring (bicyclic) bond motifs is 1. The zero-order valence-corrected chi connectivity index (χ0v) is 18.9. The van der Waals surface area contributed by atoms with Gasteiger partial charge in [-0.3, -0.25) is 0 Å². The molecule has 0 aliphatic heterocycles. The molecule has 5 rings (SSSR count). The molecule has 32 heavy (non-hydrogen) atoms. The van der Waals surface area contributed by atoms with Gasteiger partial charge in [0, 0.05) is 35.9 Å². The summed E-state index contributed by atoms with van der Waals surface area (Å²) in [7, 11) is 3.68. The van der Waals surface area contributed by atoms with Gasteiger partial charge in [-0.1, -0.05) is 48.0 Å². The summed E-state index contributed by atoms with van der Waals surface area (Å²) in [5, 5.41) is 6.81. The Morgan fingerprint density at radius 1 is 1.03 bits per heavy atom. The summed E-state index contributed by atoms with van der Waals surface area (Å²) in [5.74, 6) is 2.43. The van der Waals surface area contributed by atoms with E-state index in [1.807, 2.05) is 36.0 Å². The zero-order valence-electron chi connectivity index (χ0n) is 18.1. The number of para-hydroxylation sites is 1. The molecule has 0 aliphatic rings. The van der Waals surface area contributed by atoms with E-state index in [0.717, 1.165) is 44.3 Å². The van der Waals surface area contributed by atoms with Crippen LogP contribution in [0.1, 0.15) is 23.0 Å². The normalized spacial score (nSPS) is 12.1. The number of nitrogens with one attached hydrogen (secondary N) is 1. The van der Waals surface area contributed by atoms with Crippen LogP contribution in [0.2, 0.25) is 0 Å². The molecule has 0 bridgehead atoms. The molecule has 1 N–H and O–H groups in total. The molecular weight excluding hydrogens is 418 g/mol. The van der Waals surface area contributed by atoms with E-state index in [1.165, 1.54) is 5.56 Å². The first-order chi connectivity index (χ1) is 15.7. The lowest BCUT2D eigenvalue weighted by Gasteiger charge is -2.22. The Morgan fingerprint density at radius 2 is 1.84 bits per heavy atom. The minimum Gasteiger partial charge on any atom is -0.496 e. The number of ether oxygens (including phenoxy) is 1. The largest absolute Gasteiger partial charge is 0.496 e. The van der Waals surface area contributed by atoms with E-state index in [1.54, 1.807) is 31.0 Å². The van der Waals surface area contributed by atoms with Crippen molar-refractivity contribution in [3.05, 3.63) is 89.6 Å². The highest BCUT2D eigenvalue weighted by molar-refractivity contribution is 7.17. The molecule has 2 aromatic carbocycles. The predicted octanol–water partition coefficient (Wildman–Crippen LogP) is 5.61. The molecule has 1 atom stereocenters. The first kappa shape index (κ1) is 20.2. The molecule has 6 nitrogen and oxygen atoms in total. The van der Waals surface area contributed by atoms with Gasteiger partial charge in [0.15, 0.2) is 0 Å². The molecule has 3 heterocycles. The maximum Gasteiger partial charge on any atom is 0.139 e. The summed E-state index contributed by atoms with van der Waals surface area (Å²) in [6.45, 7) is 2.09. The molecule has 0 saturated heterocycles. The molecule has 0 saturated carbocycles. The van der Waals surface area contributed by atoms with Crippen molar-refractivity contribution in [3.63, 3.8) is 0 Å². The van der Waals surface area contributed by atoms with Gasteiger partial charge >= 0.3 is 0 Å². The van der Waals surface area contributed by atoms with Crippen LogP contribution in [-0.2, 0) is 7.05 Å². The third kappa shape index (κ3) is 3.61. The van der Waals surface area contributed by atoms with Gasteiger partial charge in [0.25, 0.3) is 0 Å². The van der Waals surface area contributed by atoms with Crippen molar-refractivity contribution in [2.75, 3.05) is 12.4 Å². The second-order valence-electron chi connectivity index (χ2n) is 7.63. The van der Waals surface area contributed by atoms with Crippen molar-refractivity contribution in [2.45, 2.75) is 13.0 Å². The number of aromatic nitrogens is 4. The van der Waals surface area contributed by atoms with Gasteiger partial charge in [-0.15, -0.1) is 11.3 Å². The second-order valence-corrected chi connectivity index (χ2v) is 8.49. The van der Waals surface area contributed by atoms with E-state index in [0.29, 0.717) is 0 Å². The molecule has 0 radical (unpaired) electrons. The Balaban J connectivity index is 1.66. The van der Waals surface area contributed by atoms with E-state index in [9.17, 15) is 0 Å². The minimum absolute atomic E-state index is 0.255. The standard InChI is InChI=1S/C25H23N5OS/c1-16-8-10-17(11-9-16)19-14-32-25-21(19)23(27-15-28-25)29-22(24-26-12-13-30(24)2)18-6-4-5-7-20(18)31-3/h4-15,22H,1-3H3,(H,27,28,29). The third-order valence-electron chi connectivity index (χ3n) is 5.58. The molecule has 0 amide bonds. The molecular formula is C25H23N5OS. The number of nitrogens with zero attached hydrogens (tertiary/aromatic N) is 4. The Labute approximate surface area is 190 Å². The maximum atomic E-state index is 5.67. The van der Waals surface area contributed by atoms with Crippen LogP contribution in [0.3, 0.4) is 0 Å². The molecule has 160 valence electrons. The van der Waals surface area contributed by atoms with E-state index in [2.05, 4.69) is 62.9 Å². The number of imidazole rings is 1. The summed E-state index contributed by atoms with van der Waals surface area (Å²) < 4.78 is 7.68. The third-order valence-corrected chi connectivity index (χ3v) is 6.47. The zero-order chi connectivity index (χ0) is 22.1. The van der Waals surface area contributed by atoms with E-state index in [-0.39, 0.29) is 6.04 Å². The average Bonchev–Trinajstić information content (AvgIpc) is 3.45. The molecule has 1 unspecified atom stereocenters. The van der Waals surface area contributed by atoms with Crippen molar-refractivity contribution in [2.24, 2.45) is 7.05 Å². The maximum absolute atomic E-state index is 5.67. The fraction of sp³-hybridized carbons (Fsp3) is 0.160. The number of aryl methyl sites for hydroxylation is 2. The second kappa shape index (κ2) is 8.43. The molecule has 0 spiro atoms. The molecule has 5 aromatic rings. The summed E-state index contributed by atoms with van der Waals surface area (Å²) in [6, 6.07) is 16.3. The highest BCUT2D eigenvalue weighted by Crippen LogP contribution is 2.39. The van der Waals surface area contributed by atoms with Crippen molar-refractivity contribution in [1.82, 2.24) is 19.5 Å². The van der Waals surface area contributed by atoms with E-state index in [4.69, 9.17) is 4.74 Å². The van der Waals surface area contributed by atoms with Crippen LogP contribution in [0.25, 0.3) is 21.3 Å². The Kier molecular flexibility index (Phi) is 5.33. The molecule has 7 heteroatoms. The van der Waals surface area contributed by atoms with Crippen LogP contribution in [0.15, 0.2) is 72.6 Å². The summed E-state index contributed by atoms with van der Waals surface area (Å²) in [5.41, 5.74) is 4.48. The van der Waals surface area contributed by atoms with Gasteiger partial charge in [0.05, 0.1) is 12.5 Å². The average molecular weight is 442 g/mol. The lowest BCUT2D eigenvalue weighted by molar-refractivity contribution is 0.408. The number of anilines is 1. The fourth-order valence-corrected chi connectivity index (χ4v) is 4.82. The van der Waals surface area contributed by atoms with Gasteiger partial charge in [-0.2, -0.15) is 0 Å². The van der Waals surface area contributed by atoms with Crippen LogP contribution >= 0.6 is 11.3 Å². The van der Waals surface area contributed by atoms with Crippen LogP contribution < -0.4 is 10.1 Å². The number of hydrogen-bond donors (Lipinski definition) is 1.